The standard InChI is InChI=1S/C23H38O4SSi/c1-9-23(15-16-24-29(7,8)22(4,5)6)17(2)20(18(3)27-23)26-21(28)25-19-13-11-10-12-14-19/h10-14,17-18,20H,9,15-16H2,1-8H3/t17-,18+,20-,23-/m1/s1. The quantitative estimate of drug-likeness (QED) is 0.366. The maximum absolute atomic E-state index is 6.47. The van der Waals surface area contributed by atoms with E-state index < -0.39 is 8.32 Å². The van der Waals surface area contributed by atoms with E-state index in [1.54, 1.807) is 0 Å². The molecule has 0 saturated carbocycles. The summed E-state index contributed by atoms with van der Waals surface area (Å²) >= 11 is 5.35. The Hall–Kier alpha value is -0.953. The molecule has 4 atom stereocenters. The van der Waals surface area contributed by atoms with Gasteiger partial charge in [0.15, 0.2) is 8.32 Å². The summed E-state index contributed by atoms with van der Waals surface area (Å²) in [6.45, 7) is 18.5. The van der Waals surface area contributed by atoms with Gasteiger partial charge in [0.1, 0.15) is 11.9 Å². The first-order chi connectivity index (χ1) is 13.4. The fourth-order valence-corrected chi connectivity index (χ4v) is 4.99. The maximum Gasteiger partial charge on any atom is 0.358 e. The predicted molar refractivity (Wildman–Crippen MR) is 125 cm³/mol. The van der Waals surface area contributed by atoms with E-state index in [-0.39, 0.29) is 34.0 Å². The number of hydrogen-bond donors (Lipinski definition) is 0. The van der Waals surface area contributed by atoms with Crippen LogP contribution in [-0.2, 0) is 13.9 Å². The summed E-state index contributed by atoms with van der Waals surface area (Å²) in [4.78, 5) is 0. The third kappa shape index (κ3) is 5.81. The number of rotatable bonds is 7. The molecule has 4 nitrogen and oxygen atoms in total. The van der Waals surface area contributed by atoms with Crippen LogP contribution >= 0.6 is 12.2 Å². The molecule has 0 bridgehead atoms. The second-order valence-corrected chi connectivity index (χ2v) is 14.8. The van der Waals surface area contributed by atoms with Crippen molar-refractivity contribution < 1.29 is 18.6 Å². The Morgan fingerprint density at radius 3 is 2.34 bits per heavy atom. The van der Waals surface area contributed by atoms with E-state index in [9.17, 15) is 0 Å². The second kappa shape index (κ2) is 9.46. The molecule has 1 aromatic rings. The Labute approximate surface area is 183 Å². The lowest BCUT2D eigenvalue weighted by atomic mass is 9.82. The molecule has 6 heteroatoms. The van der Waals surface area contributed by atoms with Crippen LogP contribution in [0.15, 0.2) is 30.3 Å². The minimum absolute atomic E-state index is 0.0601. The van der Waals surface area contributed by atoms with Crippen molar-refractivity contribution in [3.63, 3.8) is 0 Å². The normalized spacial score (nSPS) is 27.7. The summed E-state index contributed by atoms with van der Waals surface area (Å²) in [5.74, 6) is 0.865. The molecule has 0 radical (unpaired) electrons. The number of benzene rings is 1. The van der Waals surface area contributed by atoms with Gasteiger partial charge in [-0.15, -0.1) is 0 Å². The van der Waals surface area contributed by atoms with E-state index in [4.69, 9.17) is 30.9 Å². The smallest absolute Gasteiger partial charge is 0.358 e. The fraction of sp³-hybridized carbons (Fsp3) is 0.696. The van der Waals surface area contributed by atoms with Crippen LogP contribution in [0, 0.1) is 5.92 Å². The summed E-state index contributed by atoms with van der Waals surface area (Å²) in [5.41, 5.74) is -0.269. The molecule has 0 aliphatic carbocycles. The molecule has 0 N–H and O–H groups in total. The van der Waals surface area contributed by atoms with Crippen molar-refractivity contribution in [2.75, 3.05) is 6.61 Å². The third-order valence-electron chi connectivity index (χ3n) is 6.78. The molecule has 1 aromatic carbocycles. The molecule has 0 spiro atoms. The molecule has 1 saturated heterocycles. The van der Waals surface area contributed by atoms with Gasteiger partial charge in [-0.05, 0) is 50.0 Å². The zero-order chi connectivity index (χ0) is 21.9. The monoisotopic (exact) mass is 438 g/mol. The highest BCUT2D eigenvalue weighted by Crippen LogP contribution is 2.44. The lowest BCUT2D eigenvalue weighted by Gasteiger charge is -2.38. The summed E-state index contributed by atoms with van der Waals surface area (Å²) in [5, 5.41) is 0.349. The number of hydrogen-bond acceptors (Lipinski definition) is 5. The van der Waals surface area contributed by atoms with Crippen LogP contribution < -0.4 is 4.74 Å². The van der Waals surface area contributed by atoms with Crippen LogP contribution in [0.5, 0.6) is 5.75 Å². The van der Waals surface area contributed by atoms with Gasteiger partial charge in [0, 0.05) is 24.7 Å². The highest BCUT2D eigenvalue weighted by molar-refractivity contribution is 7.79. The van der Waals surface area contributed by atoms with Gasteiger partial charge in [-0.25, -0.2) is 0 Å². The largest absolute Gasteiger partial charge is 0.450 e. The van der Waals surface area contributed by atoms with Crippen molar-refractivity contribution in [3.8, 4) is 5.75 Å². The Morgan fingerprint density at radius 1 is 1.17 bits per heavy atom. The van der Waals surface area contributed by atoms with Crippen LogP contribution in [0.25, 0.3) is 0 Å². The lowest BCUT2D eigenvalue weighted by Crippen LogP contribution is -2.44. The van der Waals surface area contributed by atoms with Crippen LogP contribution in [0.2, 0.25) is 18.1 Å². The van der Waals surface area contributed by atoms with Gasteiger partial charge in [-0.3, -0.25) is 0 Å². The van der Waals surface area contributed by atoms with Crippen LogP contribution in [0.3, 0.4) is 0 Å². The first-order valence-corrected chi connectivity index (χ1v) is 14.0. The molecule has 164 valence electrons. The van der Waals surface area contributed by atoms with Gasteiger partial charge in [-0.2, -0.15) is 0 Å². The third-order valence-corrected chi connectivity index (χ3v) is 11.5. The van der Waals surface area contributed by atoms with Crippen molar-refractivity contribution >= 4 is 25.8 Å². The Bertz CT molecular complexity index is 673. The van der Waals surface area contributed by atoms with Crippen molar-refractivity contribution in [1.82, 2.24) is 0 Å². The van der Waals surface area contributed by atoms with Crippen molar-refractivity contribution in [1.29, 1.82) is 0 Å². The topological polar surface area (TPSA) is 36.9 Å². The Morgan fingerprint density at radius 2 is 1.79 bits per heavy atom. The molecule has 0 amide bonds. The summed E-state index contributed by atoms with van der Waals surface area (Å²) in [7, 11) is -1.78. The molecular weight excluding hydrogens is 400 g/mol. The van der Waals surface area contributed by atoms with E-state index in [2.05, 4.69) is 54.6 Å². The average molecular weight is 439 g/mol. The molecule has 29 heavy (non-hydrogen) atoms. The Kier molecular flexibility index (Phi) is 7.93. The average Bonchev–Trinajstić information content (AvgIpc) is 2.86. The summed E-state index contributed by atoms with van der Waals surface area (Å²) in [6, 6.07) is 9.48. The zero-order valence-corrected chi connectivity index (χ0v) is 21.1. The summed E-state index contributed by atoms with van der Waals surface area (Å²) < 4.78 is 24.6. The molecule has 1 heterocycles. The van der Waals surface area contributed by atoms with Gasteiger partial charge in [0.25, 0.3) is 0 Å². The van der Waals surface area contributed by atoms with Gasteiger partial charge < -0.3 is 18.6 Å². The zero-order valence-electron chi connectivity index (χ0n) is 19.3. The van der Waals surface area contributed by atoms with Gasteiger partial charge >= 0.3 is 5.24 Å². The predicted octanol–water partition coefficient (Wildman–Crippen LogP) is 6.35. The van der Waals surface area contributed by atoms with Crippen LogP contribution in [0.1, 0.15) is 54.4 Å². The number of para-hydroxylation sites is 1. The fourth-order valence-electron chi connectivity index (χ4n) is 3.73. The van der Waals surface area contributed by atoms with Gasteiger partial charge in [-0.1, -0.05) is 52.8 Å². The van der Waals surface area contributed by atoms with E-state index in [0.717, 1.165) is 12.8 Å². The van der Waals surface area contributed by atoms with E-state index in [1.165, 1.54) is 0 Å². The van der Waals surface area contributed by atoms with Crippen molar-refractivity contribution in [3.05, 3.63) is 30.3 Å². The Balaban J connectivity index is 1.99. The van der Waals surface area contributed by atoms with Gasteiger partial charge in [0.2, 0.25) is 0 Å². The van der Waals surface area contributed by atoms with E-state index in [0.29, 0.717) is 12.4 Å². The summed E-state index contributed by atoms with van der Waals surface area (Å²) in [6.07, 6.45) is 1.56. The lowest BCUT2D eigenvalue weighted by molar-refractivity contribution is -0.0673. The molecular formula is C23H38O4SSi. The first kappa shape index (κ1) is 24.3. The minimum Gasteiger partial charge on any atom is -0.450 e. The van der Waals surface area contributed by atoms with Crippen LogP contribution in [0.4, 0.5) is 0 Å². The highest BCUT2D eigenvalue weighted by atomic mass is 32.1. The van der Waals surface area contributed by atoms with Gasteiger partial charge in [0.05, 0.1) is 11.7 Å². The van der Waals surface area contributed by atoms with Crippen LogP contribution in [-0.4, -0.2) is 38.0 Å². The number of thiocarbonyl (C=S) groups is 1. The van der Waals surface area contributed by atoms with E-state index in [1.807, 2.05) is 30.3 Å². The molecule has 1 aliphatic rings. The highest BCUT2D eigenvalue weighted by Gasteiger charge is 2.51. The molecule has 0 unspecified atom stereocenters. The number of ether oxygens (including phenoxy) is 3. The SMILES string of the molecule is CC[C@]1(CCO[Si](C)(C)C(C)(C)C)O[C@@H](C)[C@H](OC(=S)Oc2ccccc2)[C@H]1C. The molecule has 0 aromatic heterocycles. The van der Waals surface area contributed by atoms with Crippen molar-refractivity contribution in [2.24, 2.45) is 5.92 Å². The molecule has 1 fully saturated rings. The molecule has 2 rings (SSSR count). The second-order valence-electron chi connectivity index (χ2n) is 9.64. The van der Waals surface area contributed by atoms with Crippen molar-refractivity contribution in [2.45, 2.75) is 90.3 Å². The first-order valence-electron chi connectivity index (χ1n) is 10.7. The minimum atomic E-state index is -1.78. The maximum atomic E-state index is 6.47. The molecule has 1 aliphatic heterocycles. The van der Waals surface area contributed by atoms with E-state index >= 15 is 0 Å².